The van der Waals surface area contributed by atoms with Crippen LogP contribution in [0.3, 0.4) is 0 Å². The van der Waals surface area contributed by atoms with Gasteiger partial charge < -0.3 is 24.0 Å². The van der Waals surface area contributed by atoms with Crippen LogP contribution in [0.25, 0.3) is 16.5 Å². The lowest BCUT2D eigenvalue weighted by Crippen LogP contribution is -2.22. The maximum atomic E-state index is 5.49. The second-order valence-electron chi connectivity index (χ2n) is 8.24. The topological polar surface area (TPSA) is 47.1 Å². The number of anilines is 2. The molecule has 1 unspecified atom stereocenters. The van der Waals surface area contributed by atoms with E-state index in [4.69, 9.17) is 19.2 Å². The van der Waals surface area contributed by atoms with Crippen LogP contribution in [0.1, 0.15) is 12.5 Å². The summed E-state index contributed by atoms with van der Waals surface area (Å²) in [7, 11) is 7.16. The molecule has 1 atom stereocenters. The number of hydrogen-bond acceptors (Lipinski definition) is 6. The molecule has 0 spiro atoms. The SMILES string of the molecule is COCCN(c1cc(OC)cc(OC)c1)c1ccc2ncc(C3=CN(C)CC3C)cc2c1. The van der Waals surface area contributed by atoms with Crippen LogP contribution in [-0.2, 0) is 4.74 Å². The van der Waals surface area contributed by atoms with E-state index in [9.17, 15) is 0 Å². The summed E-state index contributed by atoms with van der Waals surface area (Å²) in [4.78, 5) is 9.19. The molecule has 1 aliphatic rings. The first-order valence-corrected chi connectivity index (χ1v) is 10.8. The van der Waals surface area contributed by atoms with Gasteiger partial charge in [-0.05, 0) is 35.4 Å². The van der Waals surface area contributed by atoms with Crippen LogP contribution in [0.5, 0.6) is 11.5 Å². The predicted octanol–water partition coefficient (Wildman–Crippen LogP) is 4.96. The Morgan fingerprint density at radius 3 is 2.38 bits per heavy atom. The zero-order chi connectivity index (χ0) is 22.7. The standard InChI is InChI=1S/C26H31N3O3/c1-18-16-28(2)17-25(18)20-10-19-11-21(6-7-26(19)27-15-20)29(8-9-30-3)22-12-23(31-4)14-24(13-22)32-5/h6-7,10-15,17-18H,8-9,16H2,1-5H3. The van der Waals surface area contributed by atoms with Crippen LogP contribution in [0.4, 0.5) is 11.4 Å². The van der Waals surface area contributed by atoms with Crippen LogP contribution in [0.2, 0.25) is 0 Å². The van der Waals surface area contributed by atoms with Crippen molar-refractivity contribution in [2.45, 2.75) is 6.92 Å². The average Bonchev–Trinajstić information content (AvgIpc) is 3.16. The van der Waals surface area contributed by atoms with Crippen molar-refractivity contribution in [1.29, 1.82) is 0 Å². The molecule has 0 radical (unpaired) electrons. The number of ether oxygens (including phenoxy) is 3. The Kier molecular flexibility index (Phi) is 6.51. The number of fused-ring (bicyclic) bond motifs is 1. The zero-order valence-corrected chi connectivity index (χ0v) is 19.5. The minimum atomic E-state index is 0.491. The van der Waals surface area contributed by atoms with Crippen LogP contribution >= 0.6 is 0 Å². The van der Waals surface area contributed by atoms with Crippen molar-refractivity contribution < 1.29 is 14.2 Å². The number of nitrogens with zero attached hydrogens (tertiary/aromatic N) is 3. The lowest BCUT2D eigenvalue weighted by atomic mass is 9.97. The predicted molar refractivity (Wildman–Crippen MR) is 130 cm³/mol. The van der Waals surface area contributed by atoms with Gasteiger partial charge in [0.1, 0.15) is 11.5 Å². The van der Waals surface area contributed by atoms with E-state index in [0.29, 0.717) is 19.1 Å². The smallest absolute Gasteiger partial charge is 0.124 e. The zero-order valence-electron chi connectivity index (χ0n) is 19.5. The summed E-state index contributed by atoms with van der Waals surface area (Å²) in [5, 5.41) is 1.11. The van der Waals surface area contributed by atoms with Gasteiger partial charge in [0.15, 0.2) is 0 Å². The molecule has 0 bridgehead atoms. The Morgan fingerprint density at radius 1 is 1.00 bits per heavy atom. The lowest BCUT2D eigenvalue weighted by Gasteiger charge is -2.26. The molecule has 6 nitrogen and oxygen atoms in total. The summed E-state index contributed by atoms with van der Waals surface area (Å²) in [6.07, 6.45) is 4.21. The van der Waals surface area contributed by atoms with Crippen molar-refractivity contribution in [2.24, 2.45) is 5.92 Å². The van der Waals surface area contributed by atoms with E-state index in [2.05, 4.69) is 54.2 Å². The van der Waals surface area contributed by atoms with E-state index < -0.39 is 0 Å². The number of pyridine rings is 1. The van der Waals surface area contributed by atoms with E-state index >= 15 is 0 Å². The summed E-state index contributed by atoms with van der Waals surface area (Å²) in [6.45, 7) is 4.58. The summed E-state index contributed by atoms with van der Waals surface area (Å²) < 4.78 is 16.4. The summed E-state index contributed by atoms with van der Waals surface area (Å²) in [5.41, 5.74) is 5.54. The molecule has 3 aromatic rings. The van der Waals surface area contributed by atoms with Crippen LogP contribution < -0.4 is 14.4 Å². The van der Waals surface area contributed by atoms with Crippen molar-refractivity contribution in [3.63, 3.8) is 0 Å². The Hall–Kier alpha value is -3.25. The van der Waals surface area contributed by atoms with Crippen molar-refractivity contribution in [2.75, 3.05) is 53.0 Å². The molecule has 6 heteroatoms. The molecular formula is C26H31N3O3. The molecule has 0 saturated heterocycles. The number of benzene rings is 2. The molecule has 1 aliphatic heterocycles. The third kappa shape index (κ3) is 4.50. The van der Waals surface area contributed by atoms with E-state index in [-0.39, 0.29) is 0 Å². The van der Waals surface area contributed by atoms with Gasteiger partial charge in [0, 0.05) is 80.5 Å². The molecule has 2 heterocycles. The van der Waals surface area contributed by atoms with Gasteiger partial charge >= 0.3 is 0 Å². The van der Waals surface area contributed by atoms with Gasteiger partial charge in [-0.2, -0.15) is 0 Å². The first-order valence-electron chi connectivity index (χ1n) is 10.8. The van der Waals surface area contributed by atoms with Gasteiger partial charge in [-0.25, -0.2) is 0 Å². The van der Waals surface area contributed by atoms with Crippen LogP contribution in [0.15, 0.2) is 54.9 Å². The molecule has 2 aromatic carbocycles. The number of rotatable bonds is 8. The molecule has 0 amide bonds. The highest BCUT2D eigenvalue weighted by Crippen LogP contribution is 2.35. The maximum absolute atomic E-state index is 5.49. The average molecular weight is 434 g/mol. The van der Waals surface area contributed by atoms with Gasteiger partial charge in [-0.1, -0.05) is 6.92 Å². The molecule has 0 saturated carbocycles. The molecule has 0 N–H and O–H groups in total. The quantitative estimate of drug-likeness (QED) is 0.500. The van der Waals surface area contributed by atoms with Crippen LogP contribution in [-0.4, -0.2) is 58.0 Å². The largest absolute Gasteiger partial charge is 0.497 e. The highest BCUT2D eigenvalue weighted by atomic mass is 16.5. The normalized spacial score (nSPS) is 15.7. The summed E-state index contributed by atoms with van der Waals surface area (Å²) in [6, 6.07) is 14.5. The van der Waals surface area contributed by atoms with E-state index in [1.807, 2.05) is 24.4 Å². The fraction of sp³-hybridized carbons (Fsp3) is 0.346. The van der Waals surface area contributed by atoms with Gasteiger partial charge in [0.2, 0.25) is 0 Å². The number of aromatic nitrogens is 1. The van der Waals surface area contributed by atoms with Crippen molar-refractivity contribution in [3.8, 4) is 11.5 Å². The minimum absolute atomic E-state index is 0.491. The van der Waals surface area contributed by atoms with Crippen molar-refractivity contribution in [3.05, 3.63) is 60.4 Å². The first kappa shape index (κ1) is 22.0. The van der Waals surface area contributed by atoms with Crippen molar-refractivity contribution >= 4 is 27.9 Å². The molecule has 168 valence electrons. The van der Waals surface area contributed by atoms with E-state index in [0.717, 1.165) is 40.3 Å². The number of methoxy groups -OCH3 is 3. The minimum Gasteiger partial charge on any atom is -0.497 e. The van der Waals surface area contributed by atoms with Crippen molar-refractivity contribution in [1.82, 2.24) is 9.88 Å². The molecular weight excluding hydrogens is 402 g/mol. The van der Waals surface area contributed by atoms with E-state index in [1.54, 1.807) is 21.3 Å². The van der Waals surface area contributed by atoms with E-state index in [1.165, 1.54) is 11.1 Å². The molecule has 4 rings (SSSR count). The Bertz CT molecular complexity index is 1110. The highest BCUT2D eigenvalue weighted by molar-refractivity contribution is 5.87. The third-order valence-electron chi connectivity index (χ3n) is 5.93. The van der Waals surface area contributed by atoms with Gasteiger partial charge in [0.05, 0.1) is 26.3 Å². The monoisotopic (exact) mass is 433 g/mol. The molecule has 0 aliphatic carbocycles. The fourth-order valence-corrected chi connectivity index (χ4v) is 4.29. The maximum Gasteiger partial charge on any atom is 0.124 e. The third-order valence-corrected chi connectivity index (χ3v) is 5.93. The van der Waals surface area contributed by atoms with Gasteiger partial charge in [-0.15, -0.1) is 0 Å². The van der Waals surface area contributed by atoms with Crippen LogP contribution in [0, 0.1) is 5.92 Å². The Morgan fingerprint density at radius 2 is 1.75 bits per heavy atom. The van der Waals surface area contributed by atoms with Gasteiger partial charge in [0.25, 0.3) is 0 Å². The first-order chi connectivity index (χ1) is 15.5. The molecule has 32 heavy (non-hydrogen) atoms. The molecule has 1 aromatic heterocycles. The fourth-order valence-electron chi connectivity index (χ4n) is 4.29. The second kappa shape index (κ2) is 9.49. The van der Waals surface area contributed by atoms with Gasteiger partial charge in [-0.3, -0.25) is 4.98 Å². The Labute approximate surface area is 190 Å². The lowest BCUT2D eigenvalue weighted by molar-refractivity contribution is 0.207. The number of hydrogen-bond donors (Lipinski definition) is 0. The second-order valence-corrected chi connectivity index (χ2v) is 8.24. The Balaban J connectivity index is 1.77. The molecule has 0 fully saturated rings. The highest BCUT2D eigenvalue weighted by Gasteiger charge is 2.20. The summed E-state index contributed by atoms with van der Waals surface area (Å²) in [5.74, 6) is 1.99. The summed E-state index contributed by atoms with van der Waals surface area (Å²) >= 11 is 0.